The van der Waals surface area contributed by atoms with Crippen molar-refractivity contribution in [2.75, 3.05) is 11.9 Å². The van der Waals surface area contributed by atoms with Crippen LogP contribution in [0.4, 0.5) is 5.00 Å². The second-order valence-corrected chi connectivity index (χ2v) is 4.14. The number of rotatable bonds is 3. The minimum absolute atomic E-state index is 0.0636. The van der Waals surface area contributed by atoms with Gasteiger partial charge in [-0.1, -0.05) is 0 Å². The first kappa shape index (κ1) is 10.5. The van der Waals surface area contributed by atoms with Crippen LogP contribution in [0.2, 0.25) is 0 Å². The number of amides is 1. The van der Waals surface area contributed by atoms with Gasteiger partial charge < -0.3 is 11.1 Å². The molecule has 0 fully saturated rings. The van der Waals surface area contributed by atoms with Crippen molar-refractivity contribution in [2.24, 2.45) is 5.73 Å². The molecule has 0 atom stereocenters. The van der Waals surface area contributed by atoms with E-state index in [0.29, 0.717) is 5.56 Å². The third kappa shape index (κ3) is 2.03. The van der Waals surface area contributed by atoms with E-state index in [1.165, 1.54) is 11.3 Å². The normalized spacial score (nSPS) is 9.50. The average Bonchev–Trinajstić information content (AvgIpc) is 2.39. The Morgan fingerprint density at radius 1 is 1.64 bits per heavy atom. The van der Waals surface area contributed by atoms with Crippen molar-refractivity contribution in [1.29, 1.82) is 5.26 Å². The quantitative estimate of drug-likeness (QED) is 0.783. The highest BCUT2D eigenvalue weighted by Gasteiger charge is 2.11. The molecule has 0 bridgehead atoms. The van der Waals surface area contributed by atoms with Crippen molar-refractivity contribution in [3.8, 4) is 6.07 Å². The molecule has 0 aliphatic rings. The van der Waals surface area contributed by atoms with E-state index in [2.05, 4.69) is 11.4 Å². The van der Waals surface area contributed by atoms with Gasteiger partial charge in [0.25, 0.3) is 0 Å². The van der Waals surface area contributed by atoms with Crippen LogP contribution in [0.15, 0.2) is 0 Å². The minimum Gasteiger partial charge on any atom is -0.368 e. The summed E-state index contributed by atoms with van der Waals surface area (Å²) in [4.78, 5) is 11.6. The molecule has 1 aromatic rings. The molecule has 74 valence electrons. The van der Waals surface area contributed by atoms with Gasteiger partial charge in [0, 0.05) is 4.88 Å². The van der Waals surface area contributed by atoms with Crippen molar-refractivity contribution >= 4 is 22.2 Å². The maximum atomic E-state index is 10.5. The SMILES string of the molecule is Cc1sc(NCC(N)=O)c(C#N)c1C. The fraction of sp³-hybridized carbons (Fsp3) is 0.333. The van der Waals surface area contributed by atoms with Gasteiger partial charge in [-0.2, -0.15) is 5.26 Å². The number of nitrogens with one attached hydrogen (secondary N) is 1. The molecule has 0 aliphatic heterocycles. The minimum atomic E-state index is -0.433. The van der Waals surface area contributed by atoms with Crippen LogP contribution in [0, 0.1) is 25.2 Å². The van der Waals surface area contributed by atoms with Crippen molar-refractivity contribution in [3.63, 3.8) is 0 Å². The molecule has 0 radical (unpaired) electrons. The Morgan fingerprint density at radius 3 is 2.79 bits per heavy atom. The topological polar surface area (TPSA) is 78.9 Å². The van der Waals surface area contributed by atoms with E-state index in [9.17, 15) is 4.79 Å². The summed E-state index contributed by atoms with van der Waals surface area (Å²) in [6.07, 6.45) is 0. The summed E-state index contributed by atoms with van der Waals surface area (Å²) in [6, 6.07) is 2.10. The lowest BCUT2D eigenvalue weighted by molar-refractivity contribution is -0.116. The summed E-state index contributed by atoms with van der Waals surface area (Å²) < 4.78 is 0. The molecule has 14 heavy (non-hydrogen) atoms. The molecule has 1 rings (SSSR count). The Bertz CT molecular complexity index is 403. The molecule has 0 saturated carbocycles. The molecule has 1 amide bonds. The van der Waals surface area contributed by atoms with E-state index in [1.807, 2.05) is 13.8 Å². The average molecular weight is 209 g/mol. The van der Waals surface area contributed by atoms with Crippen LogP contribution in [-0.2, 0) is 4.79 Å². The second kappa shape index (κ2) is 4.11. The molecular formula is C9H11N3OS. The lowest BCUT2D eigenvalue weighted by Gasteiger charge is -1.99. The highest BCUT2D eigenvalue weighted by molar-refractivity contribution is 7.16. The summed E-state index contributed by atoms with van der Waals surface area (Å²) in [7, 11) is 0. The highest BCUT2D eigenvalue weighted by atomic mass is 32.1. The number of carbonyl (C=O) groups excluding carboxylic acids is 1. The van der Waals surface area contributed by atoms with Gasteiger partial charge in [-0.15, -0.1) is 11.3 Å². The molecule has 1 heterocycles. The van der Waals surface area contributed by atoms with Gasteiger partial charge in [-0.3, -0.25) is 4.79 Å². The van der Waals surface area contributed by atoms with Gasteiger partial charge >= 0.3 is 0 Å². The fourth-order valence-electron chi connectivity index (χ4n) is 1.05. The van der Waals surface area contributed by atoms with Crippen LogP contribution in [0.25, 0.3) is 0 Å². The maximum absolute atomic E-state index is 10.5. The van der Waals surface area contributed by atoms with Crippen molar-refractivity contribution in [3.05, 3.63) is 16.0 Å². The number of nitrogens with two attached hydrogens (primary N) is 1. The molecular weight excluding hydrogens is 198 g/mol. The number of primary amides is 1. The van der Waals surface area contributed by atoms with Crippen LogP contribution in [-0.4, -0.2) is 12.5 Å². The number of anilines is 1. The van der Waals surface area contributed by atoms with Gasteiger partial charge in [0.05, 0.1) is 12.1 Å². The Kier molecular flexibility index (Phi) is 3.10. The molecule has 0 aromatic carbocycles. The van der Waals surface area contributed by atoms with Crippen LogP contribution in [0.3, 0.4) is 0 Å². The third-order valence-electron chi connectivity index (χ3n) is 1.92. The first-order chi connectivity index (χ1) is 6.56. The van der Waals surface area contributed by atoms with Crippen LogP contribution in [0.1, 0.15) is 16.0 Å². The third-order valence-corrected chi connectivity index (χ3v) is 3.09. The van der Waals surface area contributed by atoms with Gasteiger partial charge in [-0.05, 0) is 19.4 Å². The summed E-state index contributed by atoms with van der Waals surface area (Å²) >= 11 is 1.47. The van der Waals surface area contributed by atoms with E-state index in [4.69, 9.17) is 11.0 Å². The molecule has 0 saturated heterocycles. The van der Waals surface area contributed by atoms with Gasteiger partial charge in [0.1, 0.15) is 11.1 Å². The van der Waals surface area contributed by atoms with Crippen molar-refractivity contribution < 1.29 is 4.79 Å². The van der Waals surface area contributed by atoms with Crippen molar-refractivity contribution in [1.82, 2.24) is 0 Å². The molecule has 1 aromatic heterocycles. The molecule has 0 unspecified atom stereocenters. The van der Waals surface area contributed by atoms with E-state index in [0.717, 1.165) is 15.4 Å². The number of nitrogens with zero attached hydrogens (tertiary/aromatic N) is 1. The van der Waals surface area contributed by atoms with Crippen molar-refractivity contribution in [2.45, 2.75) is 13.8 Å². The van der Waals surface area contributed by atoms with Gasteiger partial charge in [-0.25, -0.2) is 0 Å². The number of carbonyl (C=O) groups is 1. The number of aryl methyl sites for hydroxylation is 1. The standard InChI is InChI=1S/C9H11N3OS/c1-5-6(2)14-9(7(5)3-10)12-4-8(11)13/h12H,4H2,1-2H3,(H2,11,13). The van der Waals surface area contributed by atoms with Crippen LogP contribution < -0.4 is 11.1 Å². The molecule has 4 nitrogen and oxygen atoms in total. The lowest BCUT2D eigenvalue weighted by atomic mass is 10.2. The Morgan fingerprint density at radius 2 is 2.29 bits per heavy atom. The number of hydrogen-bond acceptors (Lipinski definition) is 4. The zero-order valence-corrected chi connectivity index (χ0v) is 8.86. The monoisotopic (exact) mass is 209 g/mol. The zero-order valence-electron chi connectivity index (χ0n) is 8.05. The lowest BCUT2D eigenvalue weighted by Crippen LogP contribution is -2.21. The Hall–Kier alpha value is -1.54. The summed E-state index contributed by atoms with van der Waals surface area (Å²) in [6.45, 7) is 3.89. The molecule has 3 N–H and O–H groups in total. The summed E-state index contributed by atoms with van der Waals surface area (Å²) in [5.74, 6) is -0.433. The first-order valence-corrected chi connectivity index (χ1v) is 4.90. The summed E-state index contributed by atoms with van der Waals surface area (Å²) in [5, 5.41) is 12.4. The Balaban J connectivity index is 2.93. The van der Waals surface area contributed by atoms with Gasteiger partial charge in [0.2, 0.25) is 5.91 Å². The van der Waals surface area contributed by atoms with Crippen LogP contribution in [0.5, 0.6) is 0 Å². The van der Waals surface area contributed by atoms with E-state index >= 15 is 0 Å². The zero-order chi connectivity index (χ0) is 10.7. The maximum Gasteiger partial charge on any atom is 0.236 e. The Labute approximate surface area is 86.3 Å². The summed E-state index contributed by atoms with van der Waals surface area (Å²) in [5.41, 5.74) is 6.56. The van der Waals surface area contributed by atoms with E-state index in [-0.39, 0.29) is 6.54 Å². The molecule has 5 heteroatoms. The fourth-order valence-corrected chi connectivity index (χ4v) is 2.06. The molecule has 0 spiro atoms. The van der Waals surface area contributed by atoms with Gasteiger partial charge in [0.15, 0.2) is 0 Å². The second-order valence-electron chi connectivity index (χ2n) is 2.92. The predicted molar refractivity (Wildman–Crippen MR) is 56.2 cm³/mol. The first-order valence-electron chi connectivity index (χ1n) is 4.08. The number of hydrogen-bond donors (Lipinski definition) is 2. The van der Waals surface area contributed by atoms with Crippen LogP contribution >= 0.6 is 11.3 Å². The smallest absolute Gasteiger partial charge is 0.236 e. The van der Waals surface area contributed by atoms with E-state index in [1.54, 1.807) is 0 Å². The predicted octanol–water partition coefficient (Wildman–Crippen LogP) is 1.13. The van der Waals surface area contributed by atoms with E-state index < -0.39 is 5.91 Å². The molecule has 0 aliphatic carbocycles. The number of thiophene rings is 1. The largest absolute Gasteiger partial charge is 0.368 e. The highest BCUT2D eigenvalue weighted by Crippen LogP contribution is 2.31. The number of nitriles is 1.